The number of likely N-dealkylation sites (tertiary alicyclic amines) is 1. The summed E-state index contributed by atoms with van der Waals surface area (Å²) in [5.74, 6) is 0.741. The monoisotopic (exact) mass is 364 g/mol. The van der Waals surface area contributed by atoms with E-state index in [9.17, 15) is 4.79 Å². The van der Waals surface area contributed by atoms with Gasteiger partial charge in [-0.05, 0) is 25.0 Å². The highest BCUT2D eigenvalue weighted by atomic mass is 16.5. The van der Waals surface area contributed by atoms with Gasteiger partial charge in [-0.1, -0.05) is 24.3 Å². The molecular formula is C21H24N4O2. The van der Waals surface area contributed by atoms with E-state index in [0.29, 0.717) is 5.56 Å². The summed E-state index contributed by atoms with van der Waals surface area (Å²) in [6.45, 7) is 6.69. The molecule has 2 aliphatic rings. The Morgan fingerprint density at radius 1 is 1.30 bits per heavy atom. The average molecular weight is 364 g/mol. The number of rotatable bonds is 4. The summed E-state index contributed by atoms with van der Waals surface area (Å²) in [6.07, 6.45) is 7.63. The Morgan fingerprint density at radius 2 is 2.11 bits per heavy atom. The van der Waals surface area contributed by atoms with Gasteiger partial charge in [0.05, 0.1) is 24.0 Å². The van der Waals surface area contributed by atoms with E-state index >= 15 is 0 Å². The summed E-state index contributed by atoms with van der Waals surface area (Å²) >= 11 is 0. The minimum atomic E-state index is -0.236. The number of piperidine rings is 1. The first-order valence-corrected chi connectivity index (χ1v) is 9.38. The van der Waals surface area contributed by atoms with Crippen molar-refractivity contribution in [2.75, 3.05) is 19.6 Å². The number of amides is 1. The number of carbonyl (C=O) groups is 1. The van der Waals surface area contributed by atoms with E-state index in [2.05, 4.69) is 27.0 Å². The summed E-state index contributed by atoms with van der Waals surface area (Å²) in [4.78, 5) is 15.1. The number of nitrogens with one attached hydrogen (secondary N) is 1. The van der Waals surface area contributed by atoms with E-state index < -0.39 is 0 Å². The molecule has 1 spiro atoms. The first kappa shape index (κ1) is 17.7. The summed E-state index contributed by atoms with van der Waals surface area (Å²) in [7, 11) is 0. The normalized spacial score (nSPS) is 21.1. The fraction of sp³-hybridized carbons (Fsp3) is 0.381. The molecule has 1 unspecified atom stereocenters. The van der Waals surface area contributed by atoms with Crippen LogP contribution < -0.4 is 10.1 Å². The number of hydrogen-bond donors (Lipinski definition) is 1. The number of para-hydroxylation sites is 1. The van der Waals surface area contributed by atoms with Crippen molar-refractivity contribution in [2.24, 2.45) is 0 Å². The van der Waals surface area contributed by atoms with Gasteiger partial charge in [0.15, 0.2) is 0 Å². The average Bonchev–Trinajstić information content (AvgIpc) is 2.71. The quantitative estimate of drug-likeness (QED) is 0.845. The van der Waals surface area contributed by atoms with Crippen LogP contribution >= 0.6 is 0 Å². The third kappa shape index (κ3) is 3.71. The van der Waals surface area contributed by atoms with Crippen molar-refractivity contribution >= 4 is 5.91 Å². The van der Waals surface area contributed by atoms with Crippen LogP contribution in [0.1, 0.15) is 41.2 Å². The van der Waals surface area contributed by atoms with E-state index in [1.54, 1.807) is 6.07 Å². The van der Waals surface area contributed by atoms with Crippen LogP contribution in [0.25, 0.3) is 0 Å². The van der Waals surface area contributed by atoms with E-state index in [1.165, 1.54) is 12.4 Å². The third-order valence-corrected chi connectivity index (χ3v) is 5.50. The number of benzene rings is 1. The highest BCUT2D eigenvalue weighted by Gasteiger charge is 2.43. The Balaban J connectivity index is 1.56. The van der Waals surface area contributed by atoms with E-state index in [1.807, 2.05) is 30.3 Å². The van der Waals surface area contributed by atoms with Crippen molar-refractivity contribution < 1.29 is 9.53 Å². The van der Waals surface area contributed by atoms with Crippen molar-refractivity contribution in [1.29, 1.82) is 0 Å². The van der Waals surface area contributed by atoms with Gasteiger partial charge in [-0.15, -0.1) is 6.58 Å². The standard InChI is InChI=1S/C21H24N4O2/c1-2-11-25-12-8-21(9-13-25)14-18(17-5-3-4-6-19(17)27-21)24-20(26)16-7-10-22-23-15-16/h2-7,10,15,18H,1,8-9,11-14H2,(H,24,26). The van der Waals surface area contributed by atoms with Crippen molar-refractivity contribution in [3.8, 4) is 5.75 Å². The lowest BCUT2D eigenvalue weighted by Crippen LogP contribution is -2.52. The predicted octanol–water partition coefficient (Wildman–Crippen LogP) is 2.75. The molecule has 1 N–H and O–H groups in total. The number of nitrogens with zero attached hydrogens (tertiary/aromatic N) is 3. The topological polar surface area (TPSA) is 67.4 Å². The molecule has 1 aromatic carbocycles. The molecule has 1 amide bonds. The molecule has 2 aromatic rings. The Hall–Kier alpha value is -2.73. The van der Waals surface area contributed by atoms with Gasteiger partial charge >= 0.3 is 0 Å². The van der Waals surface area contributed by atoms with Crippen molar-refractivity contribution in [3.63, 3.8) is 0 Å². The van der Waals surface area contributed by atoms with E-state index in [-0.39, 0.29) is 17.6 Å². The van der Waals surface area contributed by atoms with Crippen LogP contribution in [0.3, 0.4) is 0 Å². The highest BCUT2D eigenvalue weighted by molar-refractivity contribution is 5.94. The predicted molar refractivity (Wildman–Crippen MR) is 103 cm³/mol. The summed E-state index contributed by atoms with van der Waals surface area (Å²) in [5, 5.41) is 10.7. The zero-order chi connectivity index (χ0) is 18.7. The molecular weight excluding hydrogens is 340 g/mol. The molecule has 140 valence electrons. The first-order valence-electron chi connectivity index (χ1n) is 9.38. The second kappa shape index (κ2) is 7.48. The van der Waals surface area contributed by atoms with Crippen LogP contribution in [-0.2, 0) is 0 Å². The molecule has 0 bridgehead atoms. The van der Waals surface area contributed by atoms with Gasteiger partial charge in [0, 0.05) is 31.6 Å². The molecule has 1 aromatic heterocycles. The fourth-order valence-corrected chi connectivity index (χ4v) is 4.05. The Morgan fingerprint density at radius 3 is 2.85 bits per heavy atom. The Kier molecular flexibility index (Phi) is 4.90. The maximum Gasteiger partial charge on any atom is 0.253 e. The van der Waals surface area contributed by atoms with Gasteiger partial charge < -0.3 is 10.1 Å². The van der Waals surface area contributed by atoms with Crippen LogP contribution in [0.5, 0.6) is 5.75 Å². The lowest BCUT2D eigenvalue weighted by molar-refractivity contribution is -0.0223. The Bertz CT molecular complexity index is 816. The Labute approximate surface area is 159 Å². The molecule has 1 fully saturated rings. The smallest absolute Gasteiger partial charge is 0.253 e. The number of hydrogen-bond acceptors (Lipinski definition) is 5. The molecule has 6 heteroatoms. The number of aromatic nitrogens is 2. The maximum atomic E-state index is 12.7. The summed E-state index contributed by atoms with van der Waals surface area (Å²) in [6, 6.07) is 9.60. The summed E-state index contributed by atoms with van der Waals surface area (Å²) < 4.78 is 6.48. The second-order valence-electron chi connectivity index (χ2n) is 7.27. The van der Waals surface area contributed by atoms with Crippen LogP contribution in [0.4, 0.5) is 0 Å². The third-order valence-electron chi connectivity index (χ3n) is 5.50. The molecule has 1 atom stereocenters. The van der Waals surface area contributed by atoms with Crippen LogP contribution in [0, 0.1) is 0 Å². The molecule has 4 rings (SSSR count). The van der Waals surface area contributed by atoms with E-state index in [4.69, 9.17) is 4.74 Å². The number of fused-ring (bicyclic) bond motifs is 1. The molecule has 27 heavy (non-hydrogen) atoms. The summed E-state index contributed by atoms with van der Waals surface area (Å²) in [5.41, 5.74) is 1.32. The highest BCUT2D eigenvalue weighted by Crippen LogP contribution is 2.44. The van der Waals surface area contributed by atoms with Gasteiger partial charge in [-0.3, -0.25) is 9.69 Å². The molecule has 0 aliphatic carbocycles. The molecule has 2 aliphatic heterocycles. The van der Waals surface area contributed by atoms with E-state index in [0.717, 1.165) is 50.2 Å². The van der Waals surface area contributed by atoms with Gasteiger partial charge in [-0.25, -0.2) is 0 Å². The first-order chi connectivity index (χ1) is 13.2. The number of ether oxygens (including phenoxy) is 1. The minimum Gasteiger partial charge on any atom is -0.487 e. The van der Waals surface area contributed by atoms with Crippen molar-refractivity contribution in [2.45, 2.75) is 30.9 Å². The molecule has 6 nitrogen and oxygen atoms in total. The largest absolute Gasteiger partial charge is 0.487 e. The van der Waals surface area contributed by atoms with Gasteiger partial charge in [0.2, 0.25) is 0 Å². The van der Waals surface area contributed by atoms with Crippen molar-refractivity contribution in [3.05, 3.63) is 66.5 Å². The maximum absolute atomic E-state index is 12.7. The SMILES string of the molecule is C=CCN1CCC2(CC1)CC(NC(=O)c1ccnnc1)c1ccccc1O2. The minimum absolute atomic E-state index is 0.0819. The zero-order valence-corrected chi connectivity index (χ0v) is 15.3. The van der Waals surface area contributed by atoms with Gasteiger partial charge in [0.1, 0.15) is 11.4 Å². The molecule has 3 heterocycles. The second-order valence-corrected chi connectivity index (χ2v) is 7.27. The van der Waals surface area contributed by atoms with Crippen LogP contribution in [0.2, 0.25) is 0 Å². The lowest BCUT2D eigenvalue weighted by atomic mass is 9.80. The van der Waals surface area contributed by atoms with Crippen molar-refractivity contribution in [1.82, 2.24) is 20.4 Å². The van der Waals surface area contributed by atoms with Crippen LogP contribution in [0.15, 0.2) is 55.4 Å². The lowest BCUT2D eigenvalue weighted by Gasteiger charge is -2.46. The zero-order valence-electron chi connectivity index (χ0n) is 15.3. The molecule has 1 saturated heterocycles. The van der Waals surface area contributed by atoms with Crippen LogP contribution in [-0.4, -0.2) is 46.2 Å². The number of carbonyl (C=O) groups excluding carboxylic acids is 1. The van der Waals surface area contributed by atoms with Gasteiger partial charge in [0.25, 0.3) is 5.91 Å². The molecule has 0 radical (unpaired) electrons. The molecule has 0 saturated carbocycles. The fourth-order valence-electron chi connectivity index (χ4n) is 4.05. The van der Waals surface area contributed by atoms with Gasteiger partial charge in [-0.2, -0.15) is 10.2 Å².